The molecule has 0 amide bonds. The molecule has 0 unspecified atom stereocenters. The van der Waals surface area contributed by atoms with Crippen LogP contribution in [-0.2, 0) is 5.75 Å². The van der Waals surface area contributed by atoms with Crippen molar-refractivity contribution in [1.82, 2.24) is 19.8 Å². The smallest absolute Gasteiger partial charge is 0.235 e. The van der Waals surface area contributed by atoms with Gasteiger partial charge in [0.25, 0.3) is 0 Å². The minimum absolute atomic E-state index is 0.200. The first-order chi connectivity index (χ1) is 9.03. The molecule has 0 spiro atoms. The molecular weight excluding hydrogens is 280 g/mol. The highest BCUT2D eigenvalue weighted by Crippen LogP contribution is 2.29. The average Bonchev–Trinajstić information content (AvgIpc) is 3.01. The zero-order valence-corrected chi connectivity index (χ0v) is 12.6. The maximum atomic E-state index is 5.35. The molecule has 0 fully saturated rings. The minimum Gasteiger partial charge on any atom is -0.462 e. The fraction of sp³-hybridized carbons (Fsp3) is 0.417. The van der Waals surface area contributed by atoms with E-state index in [0.29, 0.717) is 0 Å². The van der Waals surface area contributed by atoms with Crippen LogP contribution in [0.5, 0.6) is 0 Å². The highest BCUT2D eigenvalue weighted by atomic mass is 32.2. The van der Waals surface area contributed by atoms with E-state index in [4.69, 9.17) is 4.42 Å². The molecule has 0 atom stereocenters. The molecule has 3 rings (SSSR count). The minimum atomic E-state index is 0.200. The van der Waals surface area contributed by atoms with Crippen LogP contribution < -0.4 is 0 Å². The predicted octanol–water partition coefficient (Wildman–Crippen LogP) is 3.48. The number of thioether (sulfide) groups is 1. The molecule has 3 heterocycles. The van der Waals surface area contributed by atoms with E-state index in [1.807, 2.05) is 23.9 Å². The molecule has 19 heavy (non-hydrogen) atoms. The molecule has 7 heteroatoms. The summed E-state index contributed by atoms with van der Waals surface area (Å²) < 4.78 is 7.36. The lowest BCUT2D eigenvalue weighted by Gasteiger charge is -2.15. The third kappa shape index (κ3) is 2.66. The maximum absolute atomic E-state index is 5.35. The second-order valence-corrected chi connectivity index (χ2v) is 7.85. The van der Waals surface area contributed by atoms with Crippen molar-refractivity contribution in [2.45, 2.75) is 31.3 Å². The number of hydrogen-bond donors (Lipinski definition) is 0. The van der Waals surface area contributed by atoms with Gasteiger partial charge in [-0.2, -0.15) is 4.52 Å². The molecule has 0 aromatic carbocycles. The van der Waals surface area contributed by atoms with Crippen LogP contribution >= 0.6 is 23.1 Å². The van der Waals surface area contributed by atoms with Gasteiger partial charge in [-0.15, -0.1) is 27.1 Å². The summed E-state index contributed by atoms with van der Waals surface area (Å²) in [6, 6.07) is 3.75. The van der Waals surface area contributed by atoms with Gasteiger partial charge in [-0.05, 0) is 12.1 Å². The van der Waals surface area contributed by atoms with E-state index in [-0.39, 0.29) is 4.75 Å². The van der Waals surface area contributed by atoms with E-state index in [1.165, 1.54) is 11.3 Å². The van der Waals surface area contributed by atoms with Crippen molar-refractivity contribution in [1.29, 1.82) is 0 Å². The summed E-state index contributed by atoms with van der Waals surface area (Å²) in [5, 5.41) is 13.7. The molecule has 5 nitrogen and oxygen atoms in total. The number of nitrogens with zero attached hydrogens (tertiary/aromatic N) is 4. The van der Waals surface area contributed by atoms with Crippen LogP contribution in [0, 0.1) is 0 Å². The third-order valence-corrected chi connectivity index (χ3v) is 4.60. The Morgan fingerprint density at radius 1 is 1.37 bits per heavy atom. The molecule has 0 saturated carbocycles. The summed E-state index contributed by atoms with van der Waals surface area (Å²) in [5.41, 5.74) is 0. The topological polar surface area (TPSA) is 56.2 Å². The van der Waals surface area contributed by atoms with Crippen molar-refractivity contribution in [3.63, 3.8) is 0 Å². The van der Waals surface area contributed by atoms with E-state index >= 15 is 0 Å². The zero-order valence-electron chi connectivity index (χ0n) is 11.0. The fourth-order valence-electron chi connectivity index (χ4n) is 1.53. The van der Waals surface area contributed by atoms with Crippen molar-refractivity contribution in [2.24, 2.45) is 0 Å². The van der Waals surface area contributed by atoms with Gasteiger partial charge in [-0.1, -0.05) is 32.1 Å². The summed E-state index contributed by atoms with van der Waals surface area (Å²) in [6.07, 6.45) is 1.65. The molecule has 3 aromatic heterocycles. The Hall–Kier alpha value is -1.34. The van der Waals surface area contributed by atoms with E-state index in [9.17, 15) is 0 Å². The molecule has 0 aliphatic carbocycles. The molecule has 0 aliphatic rings. The van der Waals surface area contributed by atoms with Gasteiger partial charge in [0, 0.05) is 4.75 Å². The van der Waals surface area contributed by atoms with Crippen LogP contribution in [0.25, 0.3) is 15.7 Å². The number of aromatic nitrogens is 4. The Kier molecular flexibility index (Phi) is 3.10. The number of hydrogen-bond acceptors (Lipinski definition) is 6. The van der Waals surface area contributed by atoms with E-state index in [2.05, 4.69) is 36.1 Å². The van der Waals surface area contributed by atoms with Crippen molar-refractivity contribution >= 4 is 28.1 Å². The summed E-state index contributed by atoms with van der Waals surface area (Å²) in [4.78, 5) is 0.802. The Morgan fingerprint density at radius 3 is 2.89 bits per heavy atom. The lowest BCUT2D eigenvalue weighted by Crippen LogP contribution is -2.08. The molecule has 0 N–H and O–H groups in total. The van der Waals surface area contributed by atoms with Gasteiger partial charge in [0.05, 0.1) is 12.0 Å². The van der Waals surface area contributed by atoms with Gasteiger partial charge >= 0.3 is 0 Å². The highest BCUT2D eigenvalue weighted by molar-refractivity contribution is 7.99. The summed E-state index contributed by atoms with van der Waals surface area (Å²) in [5.74, 6) is 2.44. The summed E-state index contributed by atoms with van der Waals surface area (Å²) >= 11 is 3.32. The lowest BCUT2D eigenvalue weighted by atomic mass is 10.3. The maximum Gasteiger partial charge on any atom is 0.235 e. The monoisotopic (exact) mass is 294 g/mol. The molecule has 0 saturated heterocycles. The van der Waals surface area contributed by atoms with Crippen molar-refractivity contribution in [3.05, 3.63) is 24.2 Å². The van der Waals surface area contributed by atoms with Gasteiger partial charge in [-0.25, -0.2) is 0 Å². The normalized spacial score (nSPS) is 12.4. The number of fused-ring (bicyclic) bond motifs is 1. The number of rotatable bonds is 3. The lowest BCUT2D eigenvalue weighted by molar-refractivity contribution is 0.580. The van der Waals surface area contributed by atoms with Crippen LogP contribution in [0.4, 0.5) is 0 Å². The van der Waals surface area contributed by atoms with Gasteiger partial charge < -0.3 is 4.42 Å². The molecule has 3 aromatic rings. The molecule has 0 radical (unpaired) electrons. The standard InChI is InChI=1S/C12H14N4OS2/c1-12(2,3)18-7-9-13-14-11-16(9)15-10(19-11)8-5-4-6-17-8/h4-6H,7H2,1-3H3. The third-order valence-electron chi connectivity index (χ3n) is 2.42. The van der Waals surface area contributed by atoms with E-state index in [1.54, 1.807) is 10.8 Å². The largest absolute Gasteiger partial charge is 0.462 e. The van der Waals surface area contributed by atoms with E-state index < -0.39 is 0 Å². The quantitative estimate of drug-likeness (QED) is 0.740. The van der Waals surface area contributed by atoms with Crippen LogP contribution in [0.15, 0.2) is 22.8 Å². The number of furan rings is 1. The first-order valence-corrected chi connectivity index (χ1v) is 7.72. The van der Waals surface area contributed by atoms with Gasteiger partial charge in [0.1, 0.15) is 0 Å². The van der Waals surface area contributed by atoms with Gasteiger partial charge in [0.15, 0.2) is 16.6 Å². The average molecular weight is 294 g/mol. The predicted molar refractivity (Wildman–Crippen MR) is 77.4 cm³/mol. The van der Waals surface area contributed by atoms with Crippen molar-refractivity contribution in [3.8, 4) is 10.8 Å². The Balaban J connectivity index is 1.90. The molecule has 0 bridgehead atoms. The Morgan fingerprint density at radius 2 is 2.21 bits per heavy atom. The highest BCUT2D eigenvalue weighted by Gasteiger charge is 2.17. The van der Waals surface area contributed by atoms with Gasteiger partial charge in [-0.3, -0.25) is 0 Å². The fourth-order valence-corrected chi connectivity index (χ4v) is 3.10. The second-order valence-electron chi connectivity index (χ2n) is 5.10. The second kappa shape index (κ2) is 4.64. The van der Waals surface area contributed by atoms with Crippen LogP contribution in [-0.4, -0.2) is 24.6 Å². The van der Waals surface area contributed by atoms with Crippen molar-refractivity contribution < 1.29 is 4.42 Å². The van der Waals surface area contributed by atoms with Crippen molar-refractivity contribution in [2.75, 3.05) is 0 Å². The summed E-state index contributed by atoms with van der Waals surface area (Å²) in [7, 11) is 0. The Labute approximate surface area is 119 Å². The Bertz CT molecular complexity index is 678. The summed E-state index contributed by atoms with van der Waals surface area (Å²) in [6.45, 7) is 6.56. The molecular formula is C12H14N4OS2. The van der Waals surface area contributed by atoms with Crippen LogP contribution in [0.1, 0.15) is 26.6 Å². The first kappa shape index (κ1) is 12.7. The van der Waals surface area contributed by atoms with Gasteiger partial charge in [0.2, 0.25) is 4.96 Å². The van der Waals surface area contributed by atoms with Crippen LogP contribution in [0.3, 0.4) is 0 Å². The zero-order chi connectivity index (χ0) is 13.5. The molecule has 0 aliphatic heterocycles. The molecule has 100 valence electrons. The van der Waals surface area contributed by atoms with Crippen LogP contribution in [0.2, 0.25) is 0 Å². The SMILES string of the molecule is CC(C)(C)SCc1nnc2sc(-c3ccco3)nn12. The van der Waals surface area contributed by atoms with E-state index in [0.717, 1.165) is 27.3 Å². The first-order valence-electron chi connectivity index (χ1n) is 5.92.